The second-order valence-corrected chi connectivity index (χ2v) is 14.6. The Bertz CT molecular complexity index is 1340. The quantitative estimate of drug-likeness (QED) is 0.238. The van der Waals surface area contributed by atoms with E-state index in [1.165, 1.54) is 5.56 Å². The number of carboxylic acid groups (broad SMARTS) is 1. The average Bonchev–Trinajstić information content (AvgIpc) is 3.56. The lowest BCUT2D eigenvalue weighted by molar-refractivity contribution is -0.884. The van der Waals surface area contributed by atoms with Gasteiger partial charge in [-0.2, -0.15) is 0 Å². The Morgan fingerprint density at radius 2 is 1.87 bits per heavy atom. The van der Waals surface area contributed by atoms with E-state index in [2.05, 4.69) is 65.9 Å². The van der Waals surface area contributed by atoms with Crippen LogP contribution in [0.4, 0.5) is 5.69 Å². The molecule has 4 rings (SSSR count). The third kappa shape index (κ3) is 8.50. The van der Waals surface area contributed by atoms with Gasteiger partial charge in [0.1, 0.15) is 6.54 Å². The average molecular weight is 625 g/mol. The zero-order valence-electron chi connectivity index (χ0n) is 28.6. The summed E-state index contributed by atoms with van der Waals surface area (Å²) in [7, 11) is 8.05. The Labute approximate surface area is 269 Å². The molecule has 9 nitrogen and oxygen atoms in total. The number of benzene rings is 2. The molecule has 2 heterocycles. The molecule has 0 radical (unpaired) electrons. The Hall–Kier alpha value is -3.30. The van der Waals surface area contributed by atoms with Crippen molar-refractivity contribution in [1.82, 2.24) is 4.90 Å². The monoisotopic (exact) mass is 624 g/mol. The number of hydrogen-bond donors (Lipinski definition) is 1. The standard InChI is InChI=1S/C36H53N3O6/c1-9-11-16-38(27-14-12-13-25(17-27)23-39(5,6)7)32(40)22-37-21-28(26-18-30(43-8)34-31(19-26)44-24-45-34)33(35(41)42)29(37)20-36(3,4)15-10-2/h12-14,17-19,28-29,33H,9-11,15-16,20-24H2,1-8H3/p+1. The van der Waals surface area contributed by atoms with Gasteiger partial charge in [0, 0.05) is 36.3 Å². The molecule has 0 bridgehead atoms. The van der Waals surface area contributed by atoms with Crippen LogP contribution in [0.15, 0.2) is 36.4 Å². The summed E-state index contributed by atoms with van der Waals surface area (Å²) >= 11 is 0. The Kier molecular flexibility index (Phi) is 11.1. The van der Waals surface area contributed by atoms with Crippen LogP contribution in [-0.2, 0) is 16.1 Å². The number of hydrogen-bond acceptors (Lipinski definition) is 6. The van der Waals surface area contributed by atoms with Gasteiger partial charge >= 0.3 is 5.97 Å². The molecule has 2 aliphatic rings. The third-order valence-corrected chi connectivity index (χ3v) is 9.08. The van der Waals surface area contributed by atoms with E-state index in [0.29, 0.717) is 36.8 Å². The van der Waals surface area contributed by atoms with Crippen LogP contribution in [0, 0.1) is 11.3 Å². The first-order valence-corrected chi connectivity index (χ1v) is 16.4. The highest BCUT2D eigenvalue weighted by Gasteiger charge is 2.49. The number of nitrogens with zero attached hydrogens (tertiary/aromatic N) is 3. The van der Waals surface area contributed by atoms with Crippen molar-refractivity contribution in [3.8, 4) is 17.2 Å². The van der Waals surface area contributed by atoms with Crippen molar-refractivity contribution in [2.45, 2.75) is 78.3 Å². The van der Waals surface area contributed by atoms with Crippen LogP contribution >= 0.6 is 0 Å². The smallest absolute Gasteiger partial charge is 0.308 e. The summed E-state index contributed by atoms with van der Waals surface area (Å²) in [5, 5.41) is 10.7. The van der Waals surface area contributed by atoms with Crippen LogP contribution < -0.4 is 19.1 Å². The van der Waals surface area contributed by atoms with Crippen molar-refractivity contribution in [2.75, 3.05) is 59.6 Å². The van der Waals surface area contributed by atoms with E-state index in [0.717, 1.165) is 48.0 Å². The molecule has 0 aliphatic carbocycles. The van der Waals surface area contributed by atoms with Gasteiger partial charge in [0.15, 0.2) is 11.5 Å². The first-order chi connectivity index (χ1) is 21.3. The number of quaternary nitrogens is 1. The molecular weight excluding hydrogens is 570 g/mol. The fourth-order valence-corrected chi connectivity index (χ4v) is 7.14. The molecule has 0 spiro atoms. The zero-order valence-corrected chi connectivity index (χ0v) is 28.6. The first kappa shape index (κ1) is 34.6. The molecule has 9 heteroatoms. The van der Waals surface area contributed by atoms with Crippen molar-refractivity contribution in [3.63, 3.8) is 0 Å². The zero-order chi connectivity index (χ0) is 32.9. The number of unbranched alkanes of at least 4 members (excludes halogenated alkanes) is 1. The van der Waals surface area contributed by atoms with Crippen molar-refractivity contribution < 1.29 is 33.4 Å². The molecule has 3 atom stereocenters. The molecule has 3 unspecified atom stereocenters. The minimum absolute atomic E-state index is 0.00259. The van der Waals surface area contributed by atoms with E-state index in [-0.39, 0.29) is 36.6 Å². The lowest BCUT2D eigenvalue weighted by atomic mass is 9.76. The van der Waals surface area contributed by atoms with Gasteiger partial charge in [-0.1, -0.05) is 52.7 Å². The number of amides is 1. The first-order valence-electron chi connectivity index (χ1n) is 16.4. The maximum absolute atomic E-state index is 14.3. The van der Waals surface area contributed by atoms with Crippen LogP contribution in [0.2, 0.25) is 0 Å². The van der Waals surface area contributed by atoms with E-state index >= 15 is 0 Å². The normalized spacial score (nSPS) is 20.0. The fraction of sp³-hybridized carbons (Fsp3) is 0.611. The SMILES string of the molecule is CCCCN(C(=O)CN1CC(c2cc(OC)c3c(c2)OCO3)C(C(=O)O)C1CC(C)(C)CCC)c1cccc(C[N+](C)(C)C)c1. The summed E-state index contributed by atoms with van der Waals surface area (Å²) in [4.78, 5) is 31.4. The van der Waals surface area contributed by atoms with Crippen molar-refractivity contribution in [3.05, 3.63) is 47.5 Å². The van der Waals surface area contributed by atoms with Gasteiger partial charge in [0.25, 0.3) is 0 Å². The lowest BCUT2D eigenvalue weighted by Gasteiger charge is -2.35. The third-order valence-electron chi connectivity index (χ3n) is 9.08. The molecule has 45 heavy (non-hydrogen) atoms. The minimum atomic E-state index is -0.847. The number of carbonyl (C=O) groups is 2. The summed E-state index contributed by atoms with van der Waals surface area (Å²) < 4.78 is 17.7. The molecule has 248 valence electrons. The predicted molar refractivity (Wildman–Crippen MR) is 177 cm³/mol. The highest BCUT2D eigenvalue weighted by atomic mass is 16.7. The van der Waals surface area contributed by atoms with Gasteiger partial charge in [0.2, 0.25) is 18.4 Å². The summed E-state index contributed by atoms with van der Waals surface area (Å²) in [5.74, 6) is -0.268. The predicted octanol–water partition coefficient (Wildman–Crippen LogP) is 6.15. The highest BCUT2D eigenvalue weighted by Crippen LogP contribution is 2.48. The molecule has 2 aromatic carbocycles. The number of aliphatic carboxylic acids is 1. The largest absolute Gasteiger partial charge is 0.493 e. The van der Waals surface area contributed by atoms with E-state index in [9.17, 15) is 14.7 Å². The topological polar surface area (TPSA) is 88.5 Å². The number of likely N-dealkylation sites (tertiary alicyclic amines) is 1. The van der Waals surface area contributed by atoms with Crippen molar-refractivity contribution in [1.29, 1.82) is 0 Å². The Balaban J connectivity index is 1.70. The van der Waals surface area contributed by atoms with Crippen LogP contribution in [0.3, 0.4) is 0 Å². The number of anilines is 1. The van der Waals surface area contributed by atoms with E-state index < -0.39 is 11.9 Å². The number of rotatable bonds is 15. The molecular formula is C36H54N3O6+. The number of carboxylic acids is 1. The van der Waals surface area contributed by atoms with Gasteiger partial charge < -0.3 is 28.7 Å². The second-order valence-electron chi connectivity index (χ2n) is 14.6. The molecule has 1 fully saturated rings. The van der Waals surface area contributed by atoms with Gasteiger partial charge in [-0.3, -0.25) is 14.5 Å². The van der Waals surface area contributed by atoms with Gasteiger partial charge in [-0.15, -0.1) is 0 Å². The molecule has 1 amide bonds. The highest BCUT2D eigenvalue weighted by molar-refractivity contribution is 5.95. The van der Waals surface area contributed by atoms with E-state index in [1.807, 2.05) is 29.2 Å². The fourth-order valence-electron chi connectivity index (χ4n) is 7.14. The Morgan fingerprint density at radius 1 is 1.11 bits per heavy atom. The van der Waals surface area contributed by atoms with Gasteiger partial charge in [0.05, 0.1) is 40.7 Å². The van der Waals surface area contributed by atoms with Crippen LogP contribution in [0.5, 0.6) is 17.2 Å². The second kappa shape index (κ2) is 14.4. The number of ether oxygens (including phenoxy) is 3. The lowest BCUT2D eigenvalue weighted by Crippen LogP contribution is -2.46. The molecule has 0 saturated carbocycles. The minimum Gasteiger partial charge on any atom is -0.493 e. The van der Waals surface area contributed by atoms with E-state index in [1.54, 1.807) is 7.11 Å². The number of carbonyl (C=O) groups excluding carboxylic acids is 1. The number of fused-ring (bicyclic) bond motifs is 1. The van der Waals surface area contributed by atoms with Crippen LogP contribution in [-0.4, -0.2) is 87.1 Å². The molecule has 2 aromatic rings. The summed E-state index contributed by atoms with van der Waals surface area (Å²) in [6.07, 6.45) is 4.51. The van der Waals surface area contributed by atoms with Gasteiger partial charge in [-0.25, -0.2) is 0 Å². The van der Waals surface area contributed by atoms with Gasteiger partial charge in [-0.05, 0) is 54.5 Å². The van der Waals surface area contributed by atoms with E-state index in [4.69, 9.17) is 14.2 Å². The summed E-state index contributed by atoms with van der Waals surface area (Å²) in [6.45, 7) is 10.9. The van der Waals surface area contributed by atoms with Crippen molar-refractivity contribution >= 4 is 17.6 Å². The maximum Gasteiger partial charge on any atom is 0.308 e. The molecule has 0 aromatic heterocycles. The van der Waals surface area contributed by atoms with Crippen LogP contribution in [0.25, 0.3) is 0 Å². The molecule has 1 N–H and O–H groups in total. The number of methoxy groups -OCH3 is 1. The summed E-state index contributed by atoms with van der Waals surface area (Å²) in [6, 6.07) is 11.7. The molecule has 2 aliphatic heterocycles. The maximum atomic E-state index is 14.3. The molecule has 1 saturated heterocycles. The van der Waals surface area contributed by atoms with Crippen LogP contribution in [0.1, 0.15) is 76.8 Å². The summed E-state index contributed by atoms with van der Waals surface area (Å²) in [5.41, 5.74) is 2.82. The Morgan fingerprint density at radius 3 is 2.51 bits per heavy atom. The van der Waals surface area contributed by atoms with Crippen molar-refractivity contribution in [2.24, 2.45) is 11.3 Å².